The van der Waals surface area contributed by atoms with Crippen LogP contribution in [0.15, 0.2) is 34.9 Å². The third-order valence-electron chi connectivity index (χ3n) is 3.41. The largest absolute Gasteiger partial charge is 0.481 e. The molecule has 4 heteroatoms. The van der Waals surface area contributed by atoms with Crippen LogP contribution in [0.1, 0.15) is 18.4 Å². The summed E-state index contributed by atoms with van der Waals surface area (Å²) < 4.78 is 5.20. The third kappa shape index (κ3) is 1.30. The van der Waals surface area contributed by atoms with Gasteiger partial charge in [-0.15, -0.1) is 0 Å². The number of ketones is 1. The Kier molecular flexibility index (Phi) is 1.90. The minimum absolute atomic E-state index is 0.000287. The van der Waals surface area contributed by atoms with E-state index in [-0.39, 0.29) is 18.6 Å². The molecule has 4 nitrogen and oxygen atoms in total. The lowest BCUT2D eigenvalue weighted by Crippen LogP contribution is -2.48. The maximum atomic E-state index is 11.3. The summed E-state index contributed by atoms with van der Waals surface area (Å²) in [5.74, 6) is -0.931. The molecular formula is C13H10O4. The first-order valence-corrected chi connectivity index (χ1v) is 5.35. The maximum Gasteiger partial charge on any atom is 0.315 e. The van der Waals surface area contributed by atoms with E-state index in [9.17, 15) is 14.7 Å². The maximum absolute atomic E-state index is 11.3. The highest BCUT2D eigenvalue weighted by atomic mass is 16.4. The molecule has 3 rings (SSSR count). The van der Waals surface area contributed by atoms with Gasteiger partial charge in [0.15, 0.2) is 0 Å². The fraction of sp³-hybridized carbons (Fsp3) is 0.231. The quantitative estimate of drug-likeness (QED) is 0.858. The van der Waals surface area contributed by atoms with Crippen LogP contribution in [0.3, 0.4) is 0 Å². The third-order valence-corrected chi connectivity index (χ3v) is 3.41. The van der Waals surface area contributed by atoms with Crippen molar-refractivity contribution in [1.82, 2.24) is 0 Å². The molecule has 1 aromatic carbocycles. The summed E-state index contributed by atoms with van der Waals surface area (Å²) in [6.45, 7) is 0. The minimum atomic E-state index is -1.03. The van der Waals surface area contributed by atoms with Crippen LogP contribution in [0.2, 0.25) is 0 Å². The number of Topliss-reactive ketones (excluding diaryl/α,β-unsaturated/α-hetero) is 1. The summed E-state index contributed by atoms with van der Waals surface area (Å²) in [7, 11) is 0. The van der Waals surface area contributed by atoms with Crippen LogP contribution in [0, 0.1) is 0 Å². The molecule has 1 fully saturated rings. The highest BCUT2D eigenvalue weighted by Gasteiger charge is 2.51. The van der Waals surface area contributed by atoms with Crippen molar-refractivity contribution in [3.05, 3.63) is 36.1 Å². The number of furan rings is 1. The number of fused-ring (bicyclic) bond motifs is 1. The molecule has 1 aliphatic rings. The van der Waals surface area contributed by atoms with Gasteiger partial charge in [-0.1, -0.05) is 6.07 Å². The van der Waals surface area contributed by atoms with Gasteiger partial charge in [-0.2, -0.15) is 0 Å². The van der Waals surface area contributed by atoms with Gasteiger partial charge >= 0.3 is 5.97 Å². The zero-order valence-electron chi connectivity index (χ0n) is 8.97. The zero-order valence-corrected chi connectivity index (χ0v) is 8.97. The molecular weight excluding hydrogens is 220 g/mol. The first-order valence-electron chi connectivity index (χ1n) is 5.35. The first-order chi connectivity index (χ1) is 8.12. The van der Waals surface area contributed by atoms with Crippen LogP contribution < -0.4 is 0 Å². The van der Waals surface area contributed by atoms with Gasteiger partial charge in [0.1, 0.15) is 16.8 Å². The number of carboxylic acid groups (broad SMARTS) is 1. The number of carboxylic acids is 1. The van der Waals surface area contributed by atoms with Crippen molar-refractivity contribution in [3.63, 3.8) is 0 Å². The monoisotopic (exact) mass is 230 g/mol. The van der Waals surface area contributed by atoms with Crippen molar-refractivity contribution >= 4 is 22.7 Å². The van der Waals surface area contributed by atoms with E-state index >= 15 is 0 Å². The van der Waals surface area contributed by atoms with Gasteiger partial charge < -0.3 is 9.52 Å². The lowest BCUT2D eigenvalue weighted by Gasteiger charge is -2.36. The van der Waals surface area contributed by atoms with E-state index in [2.05, 4.69) is 0 Å². The molecule has 0 spiro atoms. The number of rotatable bonds is 2. The fourth-order valence-corrected chi connectivity index (χ4v) is 2.36. The highest BCUT2D eigenvalue weighted by Crippen LogP contribution is 2.42. The summed E-state index contributed by atoms with van der Waals surface area (Å²) in [5, 5.41) is 10.2. The number of benzene rings is 1. The van der Waals surface area contributed by atoms with Crippen molar-refractivity contribution in [1.29, 1.82) is 0 Å². The average molecular weight is 230 g/mol. The van der Waals surface area contributed by atoms with E-state index in [0.717, 1.165) is 11.0 Å². The van der Waals surface area contributed by atoms with E-state index in [1.165, 1.54) is 0 Å². The van der Waals surface area contributed by atoms with E-state index in [0.29, 0.717) is 5.56 Å². The standard InChI is InChI=1S/C13H10O4/c14-10-6-13(7-10,12(15)16)9-1-2-11-8(5-9)3-4-17-11/h1-5H,6-7H2,(H,15,16). The Hall–Kier alpha value is -2.10. The van der Waals surface area contributed by atoms with Gasteiger partial charge in [-0.3, -0.25) is 9.59 Å². The topological polar surface area (TPSA) is 67.5 Å². The Morgan fingerprint density at radius 3 is 2.71 bits per heavy atom. The smallest absolute Gasteiger partial charge is 0.315 e. The molecule has 0 atom stereocenters. The van der Waals surface area contributed by atoms with Gasteiger partial charge in [0, 0.05) is 18.2 Å². The fourth-order valence-electron chi connectivity index (χ4n) is 2.36. The second kappa shape index (κ2) is 3.20. The molecule has 0 aliphatic heterocycles. The van der Waals surface area contributed by atoms with Crippen molar-refractivity contribution in [2.45, 2.75) is 18.3 Å². The van der Waals surface area contributed by atoms with Crippen LogP contribution in [0.5, 0.6) is 0 Å². The number of carbonyl (C=O) groups excluding carboxylic acids is 1. The summed E-state index contributed by atoms with van der Waals surface area (Å²) in [6.07, 6.45) is 1.74. The summed E-state index contributed by atoms with van der Waals surface area (Å²) in [5.41, 5.74) is 0.376. The number of carbonyl (C=O) groups is 2. The number of hydrogen-bond donors (Lipinski definition) is 1. The minimum Gasteiger partial charge on any atom is -0.481 e. The van der Waals surface area contributed by atoms with Gasteiger partial charge in [0.05, 0.1) is 6.26 Å². The Morgan fingerprint density at radius 2 is 2.06 bits per heavy atom. The molecule has 1 aliphatic carbocycles. The summed E-state index contributed by atoms with van der Waals surface area (Å²) >= 11 is 0. The first kappa shape index (κ1) is 10.1. The van der Waals surface area contributed by atoms with Crippen molar-refractivity contribution in [2.24, 2.45) is 0 Å². The van der Waals surface area contributed by atoms with Crippen LogP contribution in [0.25, 0.3) is 11.0 Å². The second-order valence-corrected chi connectivity index (χ2v) is 4.45. The predicted octanol–water partition coefficient (Wildman–Crippen LogP) is 2.12. The van der Waals surface area contributed by atoms with E-state index in [1.807, 2.05) is 0 Å². The molecule has 17 heavy (non-hydrogen) atoms. The zero-order chi connectivity index (χ0) is 12.0. The summed E-state index contributed by atoms with van der Waals surface area (Å²) in [4.78, 5) is 22.5. The summed E-state index contributed by atoms with van der Waals surface area (Å²) in [6, 6.07) is 7.05. The molecule has 1 heterocycles. The van der Waals surface area contributed by atoms with Gasteiger partial charge in [-0.25, -0.2) is 0 Å². The number of hydrogen-bond acceptors (Lipinski definition) is 3. The van der Waals surface area contributed by atoms with Crippen LogP contribution in [0.4, 0.5) is 0 Å². The highest BCUT2D eigenvalue weighted by molar-refractivity contribution is 6.02. The van der Waals surface area contributed by atoms with E-state index in [4.69, 9.17) is 4.42 Å². The van der Waals surface area contributed by atoms with Crippen LogP contribution in [-0.4, -0.2) is 16.9 Å². The van der Waals surface area contributed by atoms with Crippen LogP contribution >= 0.6 is 0 Å². The second-order valence-electron chi connectivity index (χ2n) is 4.45. The molecule has 1 aromatic heterocycles. The van der Waals surface area contributed by atoms with E-state index < -0.39 is 11.4 Å². The van der Waals surface area contributed by atoms with Gasteiger partial charge in [0.2, 0.25) is 0 Å². The normalized spacial score (nSPS) is 18.0. The Labute approximate surface area is 96.8 Å². The lowest BCUT2D eigenvalue weighted by molar-refractivity contribution is -0.153. The SMILES string of the molecule is O=C1CC(C(=O)O)(c2ccc3occc3c2)C1. The van der Waals surface area contributed by atoms with Crippen molar-refractivity contribution in [3.8, 4) is 0 Å². The Bertz CT molecular complexity index is 615. The molecule has 0 saturated heterocycles. The lowest BCUT2D eigenvalue weighted by atomic mass is 9.63. The molecule has 86 valence electrons. The molecule has 1 N–H and O–H groups in total. The Balaban J connectivity index is 2.12. The van der Waals surface area contributed by atoms with Crippen LogP contribution in [-0.2, 0) is 15.0 Å². The van der Waals surface area contributed by atoms with Crippen molar-refractivity contribution in [2.75, 3.05) is 0 Å². The predicted molar refractivity (Wildman–Crippen MR) is 59.8 cm³/mol. The van der Waals surface area contributed by atoms with Crippen molar-refractivity contribution < 1.29 is 19.1 Å². The average Bonchev–Trinajstić information content (AvgIpc) is 2.70. The number of aliphatic carboxylic acids is 1. The molecule has 0 radical (unpaired) electrons. The molecule has 0 unspecified atom stereocenters. The van der Waals surface area contributed by atoms with E-state index in [1.54, 1.807) is 30.5 Å². The molecule has 0 bridgehead atoms. The van der Waals surface area contributed by atoms with Gasteiger partial charge in [0.25, 0.3) is 0 Å². The van der Waals surface area contributed by atoms with Gasteiger partial charge in [-0.05, 0) is 23.8 Å². The molecule has 0 amide bonds. The molecule has 1 saturated carbocycles. The molecule has 2 aromatic rings. The Morgan fingerprint density at radius 1 is 1.29 bits per heavy atom.